The van der Waals surface area contributed by atoms with E-state index in [9.17, 15) is 0 Å². The molecule has 2 aliphatic rings. The van der Waals surface area contributed by atoms with Crippen molar-refractivity contribution in [3.63, 3.8) is 0 Å². The van der Waals surface area contributed by atoms with Crippen LogP contribution in [0.4, 0.5) is 0 Å². The zero-order chi connectivity index (χ0) is 18.6. The Morgan fingerprint density at radius 3 is 1.38 bits per heavy atom. The Balaban J connectivity index is 2.50. The smallest absolute Gasteiger partial charge is 0.0713 e. The van der Waals surface area contributed by atoms with Gasteiger partial charge in [-0.15, -0.1) is 0 Å². The Labute approximate surface area is 149 Å². The lowest BCUT2D eigenvalue weighted by Crippen LogP contribution is -2.20. The first-order valence-electron chi connectivity index (χ1n) is 8.85. The van der Waals surface area contributed by atoms with Gasteiger partial charge in [0.1, 0.15) is 0 Å². The Hall–Kier alpha value is -1.74. The van der Waals surface area contributed by atoms with Crippen LogP contribution < -0.4 is 0 Å². The molecule has 0 saturated heterocycles. The Kier molecular flexibility index (Phi) is 4.39. The van der Waals surface area contributed by atoms with Gasteiger partial charge in [0.05, 0.1) is 5.41 Å². The maximum Gasteiger partial charge on any atom is 0.0713 e. The fourth-order valence-corrected chi connectivity index (χ4v) is 4.15. The summed E-state index contributed by atoms with van der Waals surface area (Å²) >= 11 is 0. The number of hydrogen-bond acceptors (Lipinski definition) is 0. The van der Waals surface area contributed by atoms with Crippen LogP contribution in [0.15, 0.2) is 56.7 Å². The van der Waals surface area contributed by atoms with Gasteiger partial charge < -0.3 is 0 Å². The molecule has 0 aliphatic heterocycles. The average Bonchev–Trinajstić information content (AvgIpc) is 2.80. The summed E-state index contributed by atoms with van der Waals surface area (Å²) in [6.45, 7) is 26.6. The maximum absolute atomic E-state index is 4.38. The van der Waals surface area contributed by atoms with Crippen molar-refractivity contribution >= 4 is 0 Å². The third kappa shape index (κ3) is 2.21. The molecule has 0 N–H and O–H groups in total. The van der Waals surface area contributed by atoms with Gasteiger partial charge in [-0.1, -0.05) is 29.6 Å². The molecule has 2 rings (SSSR count). The van der Waals surface area contributed by atoms with Crippen LogP contribution in [0, 0.1) is 22.7 Å². The number of rotatable bonds is 1. The first-order valence-corrected chi connectivity index (χ1v) is 8.85. The SMILES string of the molecule is C=C(C#CC1(C)C(C)=C(C)C(C)=C1C)C1(C)C(C)=C(C)C(C)=C1C. The quantitative estimate of drug-likeness (QED) is 0.459. The van der Waals surface area contributed by atoms with E-state index in [4.69, 9.17) is 0 Å². The summed E-state index contributed by atoms with van der Waals surface area (Å²) in [6, 6.07) is 0. The molecule has 0 aromatic rings. The molecule has 0 heterocycles. The van der Waals surface area contributed by atoms with Gasteiger partial charge in [0.25, 0.3) is 0 Å². The molecular weight excluding hydrogens is 288 g/mol. The summed E-state index contributed by atoms with van der Waals surface area (Å²) in [7, 11) is 0. The molecule has 0 nitrogen and oxygen atoms in total. The van der Waals surface area contributed by atoms with Crippen LogP contribution in [0.25, 0.3) is 0 Å². The van der Waals surface area contributed by atoms with Crippen molar-refractivity contribution in [2.24, 2.45) is 10.8 Å². The van der Waals surface area contributed by atoms with Crippen LogP contribution in [0.2, 0.25) is 0 Å². The second-order valence-electron chi connectivity index (χ2n) is 7.98. The Morgan fingerprint density at radius 2 is 1.00 bits per heavy atom. The molecule has 0 saturated carbocycles. The molecule has 0 radical (unpaired) electrons. The van der Waals surface area contributed by atoms with Crippen LogP contribution in [0.3, 0.4) is 0 Å². The zero-order valence-electron chi connectivity index (χ0n) is 17.2. The first kappa shape index (κ1) is 18.6. The first-order chi connectivity index (χ1) is 10.9. The van der Waals surface area contributed by atoms with Gasteiger partial charge in [-0.05, 0) is 103 Å². The van der Waals surface area contributed by atoms with Crippen LogP contribution >= 0.6 is 0 Å². The fourth-order valence-electron chi connectivity index (χ4n) is 4.15. The van der Waals surface area contributed by atoms with Crippen LogP contribution in [0.5, 0.6) is 0 Å². The van der Waals surface area contributed by atoms with E-state index in [0.29, 0.717) is 0 Å². The maximum atomic E-state index is 4.38. The monoisotopic (exact) mass is 320 g/mol. The van der Waals surface area contributed by atoms with Crippen molar-refractivity contribution in [2.45, 2.75) is 69.2 Å². The van der Waals surface area contributed by atoms with Crippen molar-refractivity contribution in [2.75, 3.05) is 0 Å². The standard InChI is InChI=1S/C24H32/c1-14(24(11)21(8)17(4)18(5)22(24)9)12-13-23(10)19(6)15(2)16(3)20(23)7/h1H2,2-11H3. The lowest BCUT2D eigenvalue weighted by atomic mass is 9.73. The van der Waals surface area contributed by atoms with E-state index in [1.54, 1.807) is 0 Å². The van der Waals surface area contributed by atoms with Crippen molar-refractivity contribution in [3.05, 3.63) is 56.7 Å². The predicted octanol–water partition coefficient (Wildman–Crippen LogP) is 6.93. The van der Waals surface area contributed by atoms with E-state index in [1.807, 2.05) is 0 Å². The van der Waals surface area contributed by atoms with Gasteiger partial charge in [-0.2, -0.15) is 0 Å². The molecule has 0 atom stereocenters. The number of hydrogen-bond donors (Lipinski definition) is 0. The molecule has 0 amide bonds. The Bertz CT molecular complexity index is 771. The minimum atomic E-state index is -0.161. The van der Waals surface area contributed by atoms with E-state index in [1.165, 1.54) is 44.6 Å². The van der Waals surface area contributed by atoms with Crippen molar-refractivity contribution < 1.29 is 0 Å². The summed E-state index contributed by atoms with van der Waals surface area (Å²) in [5, 5.41) is 0. The van der Waals surface area contributed by atoms with Gasteiger partial charge in [0.15, 0.2) is 0 Å². The third-order valence-corrected chi connectivity index (χ3v) is 7.44. The molecule has 2 aliphatic carbocycles. The highest BCUT2D eigenvalue weighted by Crippen LogP contribution is 2.51. The lowest BCUT2D eigenvalue weighted by Gasteiger charge is -2.29. The highest BCUT2D eigenvalue weighted by molar-refractivity contribution is 5.60. The highest BCUT2D eigenvalue weighted by atomic mass is 14.4. The van der Waals surface area contributed by atoms with Crippen molar-refractivity contribution in [1.29, 1.82) is 0 Å². The molecule has 0 fully saturated rings. The molecule has 0 unspecified atom stereocenters. The van der Waals surface area contributed by atoms with Crippen LogP contribution in [-0.2, 0) is 0 Å². The van der Waals surface area contributed by atoms with E-state index in [2.05, 4.69) is 87.7 Å². The summed E-state index contributed by atoms with van der Waals surface area (Å²) in [5.41, 5.74) is 11.8. The average molecular weight is 321 g/mol. The summed E-state index contributed by atoms with van der Waals surface area (Å²) < 4.78 is 0. The van der Waals surface area contributed by atoms with Gasteiger partial charge in [-0.3, -0.25) is 0 Å². The molecule has 24 heavy (non-hydrogen) atoms. The molecule has 128 valence electrons. The van der Waals surface area contributed by atoms with Gasteiger partial charge >= 0.3 is 0 Å². The minimum absolute atomic E-state index is 0.130. The molecule has 0 bridgehead atoms. The normalized spacial score (nSPS) is 22.4. The minimum Gasteiger partial charge on any atom is -0.0862 e. The second-order valence-corrected chi connectivity index (χ2v) is 7.98. The van der Waals surface area contributed by atoms with Gasteiger partial charge in [0.2, 0.25) is 0 Å². The largest absolute Gasteiger partial charge is 0.0862 e. The summed E-state index contributed by atoms with van der Waals surface area (Å²) in [6.07, 6.45) is 0. The number of allylic oxidation sites excluding steroid dienone is 9. The summed E-state index contributed by atoms with van der Waals surface area (Å²) in [5.74, 6) is 7.05. The summed E-state index contributed by atoms with van der Waals surface area (Å²) in [4.78, 5) is 0. The van der Waals surface area contributed by atoms with Gasteiger partial charge in [0, 0.05) is 11.0 Å². The highest BCUT2D eigenvalue weighted by Gasteiger charge is 2.39. The second kappa shape index (κ2) is 5.66. The van der Waals surface area contributed by atoms with Crippen molar-refractivity contribution in [1.82, 2.24) is 0 Å². The topological polar surface area (TPSA) is 0 Å². The van der Waals surface area contributed by atoms with E-state index < -0.39 is 0 Å². The molecule has 0 heteroatoms. The molecule has 0 aromatic heterocycles. The molecule has 0 aromatic carbocycles. The zero-order valence-corrected chi connectivity index (χ0v) is 17.2. The fraction of sp³-hybridized carbons (Fsp3) is 0.500. The van der Waals surface area contributed by atoms with E-state index in [-0.39, 0.29) is 10.8 Å². The van der Waals surface area contributed by atoms with Gasteiger partial charge in [-0.25, -0.2) is 0 Å². The Morgan fingerprint density at radius 1 is 0.667 bits per heavy atom. The third-order valence-electron chi connectivity index (χ3n) is 7.44. The van der Waals surface area contributed by atoms with Crippen LogP contribution in [0.1, 0.15) is 69.2 Å². The lowest BCUT2D eigenvalue weighted by molar-refractivity contribution is 0.600. The van der Waals surface area contributed by atoms with E-state index >= 15 is 0 Å². The molecule has 0 spiro atoms. The van der Waals surface area contributed by atoms with Crippen molar-refractivity contribution in [3.8, 4) is 11.8 Å². The van der Waals surface area contributed by atoms with Crippen LogP contribution in [-0.4, -0.2) is 0 Å². The van der Waals surface area contributed by atoms with E-state index in [0.717, 1.165) is 5.57 Å². The predicted molar refractivity (Wildman–Crippen MR) is 107 cm³/mol. The molecular formula is C24H32.